The number of halogens is 1. The minimum atomic E-state index is 0.335. The number of nitrogens with zero attached hydrogens (tertiary/aromatic N) is 3. The zero-order valence-electron chi connectivity index (χ0n) is 11.1. The van der Waals surface area contributed by atoms with Gasteiger partial charge in [0, 0.05) is 25.0 Å². The van der Waals surface area contributed by atoms with Crippen molar-refractivity contribution in [2.24, 2.45) is 0 Å². The van der Waals surface area contributed by atoms with Crippen LogP contribution in [0.3, 0.4) is 0 Å². The number of morpholine rings is 1. The molecule has 3 rings (SSSR count). The van der Waals surface area contributed by atoms with Gasteiger partial charge in [-0.3, -0.25) is 4.90 Å². The Labute approximate surface area is 122 Å². The molecule has 0 unspecified atom stereocenters. The molecule has 1 aliphatic rings. The highest BCUT2D eigenvalue weighted by molar-refractivity contribution is 6.34. The van der Waals surface area contributed by atoms with Gasteiger partial charge < -0.3 is 9.47 Å². The van der Waals surface area contributed by atoms with Crippen LogP contribution in [0.1, 0.15) is 0 Å². The molecule has 2 heterocycles. The van der Waals surface area contributed by atoms with Crippen LogP contribution in [0.5, 0.6) is 6.01 Å². The smallest absolute Gasteiger partial charge is 0.318 e. The monoisotopic (exact) mass is 293 g/mol. The van der Waals surface area contributed by atoms with E-state index in [4.69, 9.17) is 21.1 Å². The summed E-state index contributed by atoms with van der Waals surface area (Å²) in [6.45, 7) is 4.87. The summed E-state index contributed by atoms with van der Waals surface area (Å²) in [4.78, 5) is 10.8. The first kappa shape index (κ1) is 13.5. The van der Waals surface area contributed by atoms with Crippen molar-refractivity contribution in [2.75, 3.05) is 39.5 Å². The summed E-state index contributed by atoms with van der Waals surface area (Å²) < 4.78 is 10.9. The van der Waals surface area contributed by atoms with Gasteiger partial charge in [0.25, 0.3) is 0 Å². The highest BCUT2D eigenvalue weighted by Gasteiger charge is 2.11. The van der Waals surface area contributed by atoms with Gasteiger partial charge in [-0.05, 0) is 12.1 Å². The largest absolute Gasteiger partial charge is 0.462 e. The molecule has 1 aromatic heterocycles. The SMILES string of the molecule is Clc1nc(OCCN2CCOCC2)nc2ccccc12. The molecule has 0 amide bonds. The minimum Gasteiger partial charge on any atom is -0.462 e. The molecule has 5 nitrogen and oxygen atoms in total. The third-order valence-electron chi connectivity index (χ3n) is 3.28. The maximum atomic E-state index is 6.13. The molecule has 1 fully saturated rings. The minimum absolute atomic E-state index is 0.335. The molecule has 2 aromatic rings. The normalized spacial score (nSPS) is 16.4. The maximum absolute atomic E-state index is 6.13. The van der Waals surface area contributed by atoms with Gasteiger partial charge >= 0.3 is 6.01 Å². The van der Waals surface area contributed by atoms with Crippen molar-refractivity contribution in [3.05, 3.63) is 29.4 Å². The Morgan fingerprint density at radius 3 is 2.85 bits per heavy atom. The number of aromatic nitrogens is 2. The fourth-order valence-corrected chi connectivity index (χ4v) is 2.41. The van der Waals surface area contributed by atoms with E-state index in [9.17, 15) is 0 Å². The third-order valence-corrected chi connectivity index (χ3v) is 3.57. The summed E-state index contributed by atoms with van der Waals surface area (Å²) >= 11 is 6.13. The Bertz CT molecular complexity index is 588. The van der Waals surface area contributed by atoms with Crippen LogP contribution in [0.25, 0.3) is 10.9 Å². The lowest BCUT2D eigenvalue weighted by Gasteiger charge is -2.26. The standard InChI is InChI=1S/C14H16ClN3O2/c15-13-11-3-1-2-4-12(11)16-14(17-13)20-10-7-18-5-8-19-9-6-18/h1-4H,5-10H2. The quantitative estimate of drug-likeness (QED) is 0.807. The number of fused-ring (bicyclic) bond motifs is 1. The summed E-state index contributed by atoms with van der Waals surface area (Å²) in [5, 5.41) is 1.27. The fraction of sp³-hybridized carbons (Fsp3) is 0.429. The number of ether oxygens (including phenoxy) is 2. The maximum Gasteiger partial charge on any atom is 0.318 e. The van der Waals surface area contributed by atoms with Gasteiger partial charge in [-0.2, -0.15) is 9.97 Å². The Morgan fingerprint density at radius 1 is 1.20 bits per heavy atom. The van der Waals surface area contributed by atoms with Crippen molar-refractivity contribution >= 4 is 22.5 Å². The van der Waals surface area contributed by atoms with Gasteiger partial charge in [-0.25, -0.2) is 0 Å². The topological polar surface area (TPSA) is 47.5 Å². The van der Waals surface area contributed by atoms with Crippen molar-refractivity contribution in [1.82, 2.24) is 14.9 Å². The van der Waals surface area contributed by atoms with Crippen LogP contribution in [0.15, 0.2) is 24.3 Å². The lowest BCUT2D eigenvalue weighted by Crippen LogP contribution is -2.38. The predicted octanol–water partition coefficient (Wildman–Crippen LogP) is 1.99. The zero-order chi connectivity index (χ0) is 13.8. The fourth-order valence-electron chi connectivity index (χ4n) is 2.17. The van der Waals surface area contributed by atoms with Crippen LogP contribution in [-0.4, -0.2) is 54.3 Å². The van der Waals surface area contributed by atoms with Crippen molar-refractivity contribution in [3.63, 3.8) is 0 Å². The molecule has 0 saturated carbocycles. The Hall–Kier alpha value is -1.43. The van der Waals surface area contributed by atoms with Gasteiger partial charge in [0.1, 0.15) is 11.8 Å². The van der Waals surface area contributed by atoms with E-state index in [-0.39, 0.29) is 0 Å². The zero-order valence-corrected chi connectivity index (χ0v) is 11.8. The predicted molar refractivity (Wildman–Crippen MR) is 77.3 cm³/mol. The number of rotatable bonds is 4. The Kier molecular flexibility index (Phi) is 4.30. The van der Waals surface area contributed by atoms with E-state index in [1.54, 1.807) is 0 Å². The highest BCUT2D eigenvalue weighted by atomic mass is 35.5. The molecule has 106 valence electrons. The average molecular weight is 294 g/mol. The van der Waals surface area contributed by atoms with E-state index in [1.165, 1.54) is 0 Å². The van der Waals surface area contributed by atoms with Gasteiger partial charge in [0.05, 0.1) is 18.7 Å². The van der Waals surface area contributed by atoms with Crippen molar-refractivity contribution in [1.29, 1.82) is 0 Å². The van der Waals surface area contributed by atoms with Crippen LogP contribution in [-0.2, 0) is 4.74 Å². The van der Waals surface area contributed by atoms with Crippen molar-refractivity contribution in [3.8, 4) is 6.01 Å². The van der Waals surface area contributed by atoms with Crippen LogP contribution in [0.2, 0.25) is 5.15 Å². The first-order valence-corrected chi connectivity index (χ1v) is 7.06. The second kappa shape index (κ2) is 6.35. The Balaban J connectivity index is 1.62. The van der Waals surface area contributed by atoms with Crippen LogP contribution in [0, 0.1) is 0 Å². The summed E-state index contributed by atoms with van der Waals surface area (Å²) in [6, 6.07) is 7.97. The van der Waals surface area contributed by atoms with Gasteiger partial charge in [0.2, 0.25) is 0 Å². The highest BCUT2D eigenvalue weighted by Crippen LogP contribution is 2.22. The summed E-state index contributed by atoms with van der Waals surface area (Å²) in [5.41, 5.74) is 0.800. The molecular weight excluding hydrogens is 278 g/mol. The molecule has 0 bridgehead atoms. The molecule has 1 aromatic carbocycles. The number of hydrogen-bond acceptors (Lipinski definition) is 5. The number of para-hydroxylation sites is 1. The van der Waals surface area contributed by atoms with Crippen LogP contribution >= 0.6 is 11.6 Å². The lowest BCUT2D eigenvalue weighted by molar-refractivity contribution is 0.0317. The third kappa shape index (κ3) is 3.17. The second-order valence-electron chi connectivity index (χ2n) is 4.62. The number of benzene rings is 1. The molecule has 0 N–H and O–H groups in total. The summed E-state index contributed by atoms with van der Waals surface area (Å²) in [7, 11) is 0. The summed E-state index contributed by atoms with van der Waals surface area (Å²) in [5.74, 6) is 0. The van der Waals surface area contributed by atoms with E-state index in [1.807, 2.05) is 24.3 Å². The molecule has 0 radical (unpaired) electrons. The molecular formula is C14H16ClN3O2. The van der Waals surface area contributed by atoms with Crippen LogP contribution < -0.4 is 4.74 Å². The molecule has 6 heteroatoms. The molecule has 20 heavy (non-hydrogen) atoms. The molecule has 1 aliphatic heterocycles. The molecule has 0 aliphatic carbocycles. The Morgan fingerprint density at radius 2 is 2.00 bits per heavy atom. The first-order chi connectivity index (χ1) is 9.83. The molecule has 1 saturated heterocycles. The van der Waals surface area contributed by atoms with Crippen molar-refractivity contribution < 1.29 is 9.47 Å². The van der Waals surface area contributed by atoms with Gasteiger partial charge in [-0.15, -0.1) is 0 Å². The molecule has 0 spiro atoms. The van der Waals surface area contributed by atoms with Gasteiger partial charge in [-0.1, -0.05) is 23.7 Å². The average Bonchev–Trinajstić information content (AvgIpc) is 2.48. The molecule has 0 atom stereocenters. The first-order valence-electron chi connectivity index (χ1n) is 6.68. The van der Waals surface area contributed by atoms with Crippen molar-refractivity contribution in [2.45, 2.75) is 0 Å². The van der Waals surface area contributed by atoms with E-state index < -0.39 is 0 Å². The van der Waals surface area contributed by atoms with Gasteiger partial charge in [0.15, 0.2) is 0 Å². The second-order valence-corrected chi connectivity index (χ2v) is 4.97. The van der Waals surface area contributed by atoms with E-state index in [0.717, 1.165) is 43.8 Å². The number of hydrogen-bond donors (Lipinski definition) is 0. The van der Waals surface area contributed by atoms with Crippen LogP contribution in [0.4, 0.5) is 0 Å². The lowest BCUT2D eigenvalue weighted by atomic mass is 10.2. The van der Waals surface area contributed by atoms with E-state index in [2.05, 4.69) is 14.9 Å². The van der Waals surface area contributed by atoms with E-state index >= 15 is 0 Å². The van der Waals surface area contributed by atoms with E-state index in [0.29, 0.717) is 17.8 Å². The summed E-state index contributed by atoms with van der Waals surface area (Å²) in [6.07, 6.45) is 0.